The topological polar surface area (TPSA) is 36.4 Å². The van der Waals surface area contributed by atoms with Crippen LogP contribution >= 0.6 is 0 Å². The summed E-state index contributed by atoms with van der Waals surface area (Å²) in [5, 5.41) is 0. The maximum absolute atomic E-state index is 10.3. The van der Waals surface area contributed by atoms with Crippen LogP contribution in [0.2, 0.25) is 0 Å². The van der Waals surface area contributed by atoms with Gasteiger partial charge in [0, 0.05) is 18.9 Å². The molecular weight excluding hydrogens is 262 g/mol. The molecular formula is C17H27N3O. The van der Waals surface area contributed by atoms with Crippen LogP contribution in [0.3, 0.4) is 0 Å². The van der Waals surface area contributed by atoms with E-state index in [-0.39, 0.29) is 6.04 Å². The molecule has 2 rings (SSSR count). The van der Waals surface area contributed by atoms with E-state index in [1.54, 1.807) is 6.20 Å². The number of aromatic nitrogens is 1. The van der Waals surface area contributed by atoms with Crippen molar-refractivity contribution in [3.8, 4) is 0 Å². The van der Waals surface area contributed by atoms with Crippen LogP contribution in [0.25, 0.3) is 0 Å². The second-order valence-corrected chi connectivity index (χ2v) is 5.85. The molecule has 4 nitrogen and oxygen atoms in total. The fourth-order valence-corrected chi connectivity index (χ4v) is 2.43. The number of likely N-dealkylation sites (N-methyl/N-ethyl adjacent to an activating group) is 1. The van der Waals surface area contributed by atoms with Crippen LogP contribution in [0.5, 0.6) is 0 Å². The largest absolute Gasteiger partial charge is 0.371 e. The average Bonchev–Trinajstić information content (AvgIpc) is 2.40. The third-order valence-electron chi connectivity index (χ3n) is 3.78. The minimum Gasteiger partial charge on any atom is -0.371 e. The minimum absolute atomic E-state index is 0.0741. The predicted molar refractivity (Wildman–Crippen MR) is 86.9 cm³/mol. The summed E-state index contributed by atoms with van der Waals surface area (Å²) in [6, 6.07) is 4.70. The van der Waals surface area contributed by atoms with E-state index in [0.29, 0.717) is 12.0 Å². The Morgan fingerprint density at radius 2 is 2.19 bits per heavy atom. The minimum atomic E-state index is 0.0741. The van der Waals surface area contributed by atoms with Crippen LogP contribution < -0.4 is 0 Å². The number of aldehydes is 1. The molecule has 2 heterocycles. The summed E-state index contributed by atoms with van der Waals surface area (Å²) in [4.78, 5) is 18.6. The molecule has 0 radical (unpaired) electrons. The lowest BCUT2D eigenvalue weighted by Gasteiger charge is -2.40. The zero-order valence-corrected chi connectivity index (χ0v) is 13.6. The van der Waals surface area contributed by atoms with Crippen molar-refractivity contribution < 1.29 is 4.79 Å². The fourth-order valence-electron chi connectivity index (χ4n) is 2.43. The second kappa shape index (κ2) is 8.57. The first-order valence-electron chi connectivity index (χ1n) is 7.41. The Bertz CT molecular complexity index is 423. The van der Waals surface area contributed by atoms with E-state index >= 15 is 0 Å². The van der Waals surface area contributed by atoms with Crippen molar-refractivity contribution in [1.29, 1.82) is 0 Å². The van der Waals surface area contributed by atoms with Gasteiger partial charge in [0.25, 0.3) is 0 Å². The number of likely N-dealkylation sites (tertiary alicyclic amines) is 1. The lowest BCUT2D eigenvalue weighted by molar-refractivity contribution is -0.112. The quantitative estimate of drug-likeness (QED) is 0.781. The van der Waals surface area contributed by atoms with E-state index in [2.05, 4.69) is 22.5 Å². The Hall–Kier alpha value is -1.68. The summed E-state index contributed by atoms with van der Waals surface area (Å²) < 4.78 is 0. The van der Waals surface area contributed by atoms with Gasteiger partial charge in [-0.15, -0.1) is 0 Å². The molecule has 0 saturated carbocycles. The van der Waals surface area contributed by atoms with Crippen molar-refractivity contribution in [3.05, 3.63) is 42.9 Å². The normalized spacial score (nSPS) is 18.6. The van der Waals surface area contributed by atoms with Gasteiger partial charge in [-0.2, -0.15) is 0 Å². The highest BCUT2D eigenvalue weighted by Crippen LogP contribution is 2.32. The van der Waals surface area contributed by atoms with Gasteiger partial charge >= 0.3 is 0 Å². The van der Waals surface area contributed by atoms with Gasteiger partial charge in [0.05, 0.1) is 12.1 Å². The Labute approximate surface area is 128 Å². The molecule has 0 bridgehead atoms. The molecule has 116 valence electrons. The van der Waals surface area contributed by atoms with Gasteiger partial charge in [-0.25, -0.2) is 0 Å². The molecule has 4 heteroatoms. The summed E-state index contributed by atoms with van der Waals surface area (Å²) in [7, 11) is 3.83. The van der Waals surface area contributed by atoms with Crippen LogP contribution in [-0.4, -0.2) is 47.8 Å². The SMILES string of the molecule is C=CN1CCC1c1cccnc1.CC(C)C(C=O)N(C)C. The van der Waals surface area contributed by atoms with Gasteiger partial charge in [0.2, 0.25) is 0 Å². The number of carbonyl (C=O) groups excluding carboxylic acids is 1. The van der Waals surface area contributed by atoms with Crippen molar-refractivity contribution in [2.24, 2.45) is 5.92 Å². The van der Waals surface area contributed by atoms with Crippen molar-refractivity contribution in [1.82, 2.24) is 14.8 Å². The maximum atomic E-state index is 10.3. The predicted octanol–water partition coefficient (Wildman–Crippen LogP) is 2.74. The Kier molecular flexibility index (Phi) is 7.09. The third kappa shape index (κ3) is 4.97. The van der Waals surface area contributed by atoms with Gasteiger partial charge in [0.15, 0.2) is 0 Å². The first kappa shape index (κ1) is 17.4. The Morgan fingerprint density at radius 3 is 2.48 bits per heavy atom. The van der Waals surface area contributed by atoms with Crippen LogP contribution in [0.1, 0.15) is 31.9 Å². The van der Waals surface area contributed by atoms with E-state index < -0.39 is 0 Å². The third-order valence-corrected chi connectivity index (χ3v) is 3.78. The summed E-state index contributed by atoms with van der Waals surface area (Å²) in [6.45, 7) is 8.97. The monoisotopic (exact) mass is 289 g/mol. The first-order valence-corrected chi connectivity index (χ1v) is 7.41. The van der Waals surface area contributed by atoms with Crippen molar-refractivity contribution in [3.63, 3.8) is 0 Å². The van der Waals surface area contributed by atoms with Gasteiger partial charge in [-0.3, -0.25) is 9.88 Å². The summed E-state index contributed by atoms with van der Waals surface area (Å²) >= 11 is 0. The molecule has 2 unspecified atom stereocenters. The number of hydrogen-bond acceptors (Lipinski definition) is 4. The number of rotatable bonds is 5. The highest BCUT2D eigenvalue weighted by molar-refractivity contribution is 5.57. The number of pyridine rings is 1. The summed E-state index contributed by atoms with van der Waals surface area (Å²) in [5.74, 6) is 0.414. The van der Waals surface area contributed by atoms with Crippen molar-refractivity contribution in [2.75, 3.05) is 20.6 Å². The van der Waals surface area contributed by atoms with Gasteiger partial charge in [-0.05, 0) is 44.3 Å². The molecule has 1 aromatic heterocycles. The maximum Gasteiger partial charge on any atom is 0.137 e. The highest BCUT2D eigenvalue weighted by Gasteiger charge is 2.25. The van der Waals surface area contributed by atoms with E-state index in [0.717, 1.165) is 12.8 Å². The molecule has 1 aliphatic rings. The van der Waals surface area contributed by atoms with Crippen molar-refractivity contribution >= 4 is 6.29 Å². The lowest BCUT2D eigenvalue weighted by Crippen LogP contribution is -2.36. The molecule has 1 saturated heterocycles. The zero-order valence-electron chi connectivity index (χ0n) is 13.6. The highest BCUT2D eigenvalue weighted by atomic mass is 16.1. The van der Waals surface area contributed by atoms with Gasteiger partial charge < -0.3 is 9.69 Å². The number of nitrogens with zero attached hydrogens (tertiary/aromatic N) is 3. The molecule has 1 aromatic rings. The van der Waals surface area contributed by atoms with E-state index in [1.165, 1.54) is 12.0 Å². The molecule has 21 heavy (non-hydrogen) atoms. The van der Waals surface area contributed by atoms with Gasteiger partial charge in [-0.1, -0.05) is 26.5 Å². The molecule has 2 atom stereocenters. The Balaban J connectivity index is 0.000000222. The molecule has 1 aliphatic heterocycles. The lowest BCUT2D eigenvalue weighted by atomic mass is 9.97. The first-order chi connectivity index (χ1) is 10.0. The molecule has 0 N–H and O–H groups in total. The Morgan fingerprint density at radius 1 is 1.48 bits per heavy atom. The molecule has 0 aromatic carbocycles. The van der Waals surface area contributed by atoms with Crippen molar-refractivity contribution in [2.45, 2.75) is 32.4 Å². The summed E-state index contributed by atoms with van der Waals surface area (Å²) in [6.07, 6.45) is 7.85. The molecule has 0 spiro atoms. The van der Waals surface area contributed by atoms with Gasteiger partial charge in [0.1, 0.15) is 6.29 Å². The second-order valence-electron chi connectivity index (χ2n) is 5.85. The van der Waals surface area contributed by atoms with E-state index in [9.17, 15) is 4.79 Å². The zero-order chi connectivity index (χ0) is 15.8. The molecule has 0 aliphatic carbocycles. The van der Waals surface area contributed by atoms with Crippen LogP contribution in [0, 0.1) is 5.92 Å². The van der Waals surface area contributed by atoms with E-state index in [4.69, 9.17) is 0 Å². The average molecular weight is 289 g/mol. The smallest absolute Gasteiger partial charge is 0.137 e. The van der Waals surface area contributed by atoms with Crippen LogP contribution in [0.4, 0.5) is 0 Å². The van der Waals surface area contributed by atoms with Crippen LogP contribution in [0.15, 0.2) is 37.3 Å². The summed E-state index contributed by atoms with van der Waals surface area (Å²) in [5.41, 5.74) is 1.30. The number of carbonyl (C=O) groups is 1. The molecule has 0 amide bonds. The number of hydrogen-bond donors (Lipinski definition) is 0. The van der Waals surface area contributed by atoms with Crippen LogP contribution in [-0.2, 0) is 4.79 Å². The standard InChI is InChI=1S/C10H12N2.C7H15NO/c1-2-12-7-5-10(12)9-4-3-6-11-8-9;1-6(2)7(5-9)8(3)4/h2-4,6,8,10H,1,5,7H2;5-7H,1-4H3. The molecule has 1 fully saturated rings. The fraction of sp³-hybridized carbons (Fsp3) is 0.529. The van der Waals surface area contributed by atoms with E-state index in [1.807, 2.05) is 51.3 Å².